The van der Waals surface area contributed by atoms with Crippen LogP contribution < -0.4 is 5.32 Å². The quantitative estimate of drug-likeness (QED) is 0.0725. The van der Waals surface area contributed by atoms with Crippen LogP contribution in [0.1, 0.15) is 99.3 Å². The van der Waals surface area contributed by atoms with E-state index in [4.69, 9.17) is 14.2 Å². The molecule has 7 heteroatoms. The molecule has 0 aromatic heterocycles. The van der Waals surface area contributed by atoms with Crippen molar-refractivity contribution in [3.63, 3.8) is 0 Å². The summed E-state index contributed by atoms with van der Waals surface area (Å²) in [5.74, 6) is -0.547. The lowest BCUT2D eigenvalue weighted by molar-refractivity contribution is -0.152. The van der Waals surface area contributed by atoms with Gasteiger partial charge in [0.15, 0.2) is 17.6 Å². The average Bonchev–Trinajstić information content (AvgIpc) is 2.86. The Hall–Kier alpha value is -1.99. The van der Waals surface area contributed by atoms with E-state index in [0.29, 0.717) is 44.6 Å². The van der Waals surface area contributed by atoms with Gasteiger partial charge in [0.2, 0.25) is 0 Å². The molecule has 35 heavy (non-hydrogen) atoms. The first-order chi connectivity index (χ1) is 16.6. The van der Waals surface area contributed by atoms with Crippen LogP contribution in [0.5, 0.6) is 0 Å². The van der Waals surface area contributed by atoms with Crippen LogP contribution in [0.4, 0.5) is 0 Å². The monoisotopic (exact) mass is 495 g/mol. The maximum Gasteiger partial charge on any atom is 0.332 e. The molecular formula is C28H49NO6. The standard InChI is InChI=1S/C28H49NO6/c1-9-16-18-23(10-2)21-34-27(12-4,13-5)24(30)19-17-20-33-28(14-6,15-7)26(32)29-22(8)35-25(31)11-3/h11,14,22-23H,3,6,9-10,12-13,15-21H2,1-2,4-5,7-8H3,(H,29,32). The van der Waals surface area contributed by atoms with Gasteiger partial charge in [-0.2, -0.15) is 0 Å². The zero-order valence-electron chi connectivity index (χ0n) is 23.0. The van der Waals surface area contributed by atoms with Crippen molar-refractivity contribution in [1.82, 2.24) is 5.32 Å². The highest BCUT2D eigenvalue weighted by Gasteiger charge is 2.37. The number of esters is 1. The van der Waals surface area contributed by atoms with Crippen LogP contribution >= 0.6 is 0 Å². The SMILES string of the molecule is C=CC(=O)OC(C)NC(=O)C(C=C)(CC)OCCCC(=O)C(CC)(CC)OCC(CC)CCCC. The normalized spacial score (nSPS) is 14.9. The summed E-state index contributed by atoms with van der Waals surface area (Å²) in [6.07, 6.45) is 8.47. The molecule has 1 N–H and O–H groups in total. The summed E-state index contributed by atoms with van der Waals surface area (Å²) in [7, 11) is 0. The summed E-state index contributed by atoms with van der Waals surface area (Å²) in [6.45, 7) is 19.6. The number of hydrogen-bond donors (Lipinski definition) is 1. The summed E-state index contributed by atoms with van der Waals surface area (Å²) >= 11 is 0. The highest BCUT2D eigenvalue weighted by Crippen LogP contribution is 2.27. The van der Waals surface area contributed by atoms with E-state index in [1.807, 2.05) is 20.8 Å². The number of ether oxygens (including phenoxy) is 3. The fourth-order valence-corrected chi connectivity index (χ4v) is 4.00. The topological polar surface area (TPSA) is 90.9 Å². The Bertz CT molecular complexity index is 672. The smallest absolute Gasteiger partial charge is 0.332 e. The van der Waals surface area contributed by atoms with Gasteiger partial charge in [-0.1, -0.05) is 73.1 Å². The molecule has 3 atom stereocenters. The van der Waals surface area contributed by atoms with Crippen LogP contribution in [-0.2, 0) is 28.6 Å². The highest BCUT2D eigenvalue weighted by atomic mass is 16.6. The van der Waals surface area contributed by atoms with Crippen molar-refractivity contribution in [3.8, 4) is 0 Å². The Morgan fingerprint density at radius 1 is 0.971 bits per heavy atom. The molecule has 0 aromatic carbocycles. The Morgan fingerprint density at radius 3 is 2.11 bits per heavy atom. The first-order valence-electron chi connectivity index (χ1n) is 13.2. The maximum atomic E-state index is 13.2. The van der Waals surface area contributed by atoms with E-state index in [0.717, 1.165) is 25.3 Å². The van der Waals surface area contributed by atoms with Crippen LogP contribution in [0.15, 0.2) is 25.3 Å². The molecule has 0 aliphatic carbocycles. The van der Waals surface area contributed by atoms with Crippen molar-refractivity contribution in [2.24, 2.45) is 5.92 Å². The lowest BCUT2D eigenvalue weighted by Crippen LogP contribution is -2.51. The molecule has 0 heterocycles. The summed E-state index contributed by atoms with van der Waals surface area (Å²) in [6, 6.07) is 0. The second-order valence-electron chi connectivity index (χ2n) is 9.01. The molecule has 0 radical (unpaired) electrons. The fraction of sp³-hybridized carbons (Fsp3) is 0.750. The van der Waals surface area contributed by atoms with Gasteiger partial charge in [0.25, 0.3) is 5.91 Å². The summed E-state index contributed by atoms with van der Waals surface area (Å²) in [5, 5.41) is 2.61. The van der Waals surface area contributed by atoms with Crippen LogP contribution in [0.3, 0.4) is 0 Å². The van der Waals surface area contributed by atoms with Crippen LogP contribution in [-0.4, -0.2) is 48.3 Å². The molecule has 0 aromatic rings. The molecular weight excluding hydrogens is 446 g/mol. The lowest BCUT2D eigenvalue weighted by atomic mass is 9.88. The van der Waals surface area contributed by atoms with Crippen molar-refractivity contribution < 1.29 is 28.6 Å². The minimum atomic E-state index is -1.28. The Balaban J connectivity index is 4.99. The maximum absolute atomic E-state index is 13.2. The van der Waals surface area contributed by atoms with Gasteiger partial charge in [-0.3, -0.25) is 9.59 Å². The highest BCUT2D eigenvalue weighted by molar-refractivity contribution is 5.88. The van der Waals surface area contributed by atoms with E-state index >= 15 is 0 Å². The molecule has 0 saturated heterocycles. The lowest BCUT2D eigenvalue weighted by Gasteiger charge is -2.33. The van der Waals surface area contributed by atoms with Gasteiger partial charge in [-0.05, 0) is 44.9 Å². The molecule has 0 spiro atoms. The number of carbonyl (C=O) groups excluding carboxylic acids is 3. The molecule has 0 aliphatic heterocycles. The molecule has 0 rings (SSSR count). The fourth-order valence-electron chi connectivity index (χ4n) is 4.00. The molecule has 0 aliphatic rings. The van der Waals surface area contributed by atoms with Gasteiger partial charge in [0.1, 0.15) is 5.60 Å². The second-order valence-corrected chi connectivity index (χ2v) is 9.01. The Morgan fingerprint density at radius 2 is 1.63 bits per heavy atom. The molecule has 0 bridgehead atoms. The van der Waals surface area contributed by atoms with Crippen molar-refractivity contribution in [3.05, 3.63) is 25.3 Å². The van der Waals surface area contributed by atoms with Gasteiger partial charge >= 0.3 is 5.97 Å². The largest absolute Gasteiger partial charge is 0.439 e. The third-order valence-corrected chi connectivity index (χ3v) is 6.73. The number of unbranched alkanes of at least 4 members (excludes halogenated alkanes) is 1. The Labute approximate surface area is 213 Å². The molecule has 0 fully saturated rings. The summed E-state index contributed by atoms with van der Waals surface area (Å²) < 4.78 is 17.2. The zero-order chi connectivity index (χ0) is 26.9. The minimum Gasteiger partial charge on any atom is -0.439 e. The van der Waals surface area contributed by atoms with E-state index in [2.05, 4.69) is 32.3 Å². The van der Waals surface area contributed by atoms with Crippen molar-refractivity contribution in [2.45, 2.75) is 117 Å². The number of rotatable bonds is 21. The third-order valence-electron chi connectivity index (χ3n) is 6.73. The van der Waals surface area contributed by atoms with E-state index in [-0.39, 0.29) is 12.4 Å². The van der Waals surface area contributed by atoms with Crippen LogP contribution in [0, 0.1) is 5.92 Å². The third kappa shape index (κ3) is 10.7. The van der Waals surface area contributed by atoms with E-state index in [1.54, 1.807) is 6.92 Å². The van der Waals surface area contributed by atoms with Gasteiger partial charge in [0, 0.05) is 19.1 Å². The van der Waals surface area contributed by atoms with Crippen molar-refractivity contribution >= 4 is 17.7 Å². The van der Waals surface area contributed by atoms with E-state index < -0.39 is 29.3 Å². The summed E-state index contributed by atoms with van der Waals surface area (Å²) in [5.41, 5.74) is -2.06. The first-order valence-corrected chi connectivity index (χ1v) is 13.2. The predicted octanol–water partition coefficient (Wildman–Crippen LogP) is 5.67. The number of amides is 1. The number of nitrogens with one attached hydrogen (secondary N) is 1. The van der Waals surface area contributed by atoms with Gasteiger partial charge in [-0.25, -0.2) is 4.79 Å². The number of ketones is 1. The van der Waals surface area contributed by atoms with Crippen LogP contribution in [0.2, 0.25) is 0 Å². The summed E-state index contributed by atoms with van der Waals surface area (Å²) in [4.78, 5) is 37.4. The number of Topliss-reactive ketones (excluding diaryl/α,β-unsaturated/α-hetero) is 1. The second kappa shape index (κ2) is 17.4. The van der Waals surface area contributed by atoms with Crippen LogP contribution in [0.25, 0.3) is 0 Å². The molecule has 3 unspecified atom stereocenters. The molecule has 7 nitrogen and oxygen atoms in total. The Kier molecular flexibility index (Phi) is 16.4. The van der Waals surface area contributed by atoms with E-state index in [1.165, 1.54) is 12.5 Å². The minimum absolute atomic E-state index is 0.0755. The first kappa shape index (κ1) is 33.0. The van der Waals surface area contributed by atoms with Gasteiger partial charge in [0.05, 0.1) is 6.61 Å². The number of carbonyl (C=O) groups is 3. The van der Waals surface area contributed by atoms with Gasteiger partial charge in [-0.15, -0.1) is 0 Å². The molecule has 1 amide bonds. The molecule has 202 valence electrons. The average molecular weight is 496 g/mol. The zero-order valence-corrected chi connectivity index (χ0v) is 23.0. The van der Waals surface area contributed by atoms with Crippen molar-refractivity contribution in [2.75, 3.05) is 13.2 Å². The number of hydrogen-bond acceptors (Lipinski definition) is 6. The molecule has 0 saturated carbocycles. The van der Waals surface area contributed by atoms with E-state index in [9.17, 15) is 14.4 Å². The van der Waals surface area contributed by atoms with Gasteiger partial charge < -0.3 is 19.5 Å². The predicted molar refractivity (Wildman–Crippen MR) is 140 cm³/mol. The van der Waals surface area contributed by atoms with Crippen molar-refractivity contribution in [1.29, 1.82) is 0 Å².